The molecule has 0 unspecified atom stereocenters. The third-order valence-electron chi connectivity index (χ3n) is 4.77. The monoisotopic (exact) mass is 351 g/mol. The van der Waals surface area contributed by atoms with Crippen molar-refractivity contribution in [3.8, 4) is 5.75 Å². The molecule has 0 amide bonds. The van der Waals surface area contributed by atoms with E-state index < -0.39 is 0 Å². The summed E-state index contributed by atoms with van der Waals surface area (Å²) in [6, 6.07) is 5.01. The highest BCUT2D eigenvalue weighted by Crippen LogP contribution is 2.26. The quantitative estimate of drug-likeness (QED) is 0.572. The first-order valence-corrected chi connectivity index (χ1v) is 9.97. The molecule has 0 spiro atoms. The van der Waals surface area contributed by atoms with Crippen molar-refractivity contribution in [3.05, 3.63) is 29.6 Å². The van der Waals surface area contributed by atoms with Crippen LogP contribution in [0.2, 0.25) is 0 Å². The second-order valence-corrected chi connectivity index (χ2v) is 7.85. The molecule has 2 rings (SSSR count). The Morgan fingerprint density at radius 3 is 2.44 bits per heavy atom. The summed E-state index contributed by atoms with van der Waals surface area (Å²) in [5.41, 5.74) is 1.07. The van der Waals surface area contributed by atoms with Gasteiger partial charge in [0.1, 0.15) is 0 Å². The van der Waals surface area contributed by atoms with E-state index in [1.807, 2.05) is 0 Å². The lowest BCUT2D eigenvalue weighted by Gasteiger charge is -2.20. The third kappa shape index (κ3) is 9.25. The van der Waals surface area contributed by atoms with Gasteiger partial charge in [-0.1, -0.05) is 71.8 Å². The van der Waals surface area contributed by atoms with Crippen LogP contribution < -0.4 is 4.74 Å². The lowest BCUT2D eigenvalue weighted by atomic mass is 9.86. The van der Waals surface area contributed by atoms with Crippen LogP contribution in [0.4, 0.5) is 4.39 Å². The van der Waals surface area contributed by atoms with Crippen molar-refractivity contribution in [2.45, 2.75) is 72.3 Å². The Hall–Kier alpha value is -1.09. The number of methoxy groups -OCH3 is 1. The molecule has 1 saturated carbocycles. The van der Waals surface area contributed by atoms with Gasteiger partial charge in [0.15, 0.2) is 11.6 Å². The predicted molar refractivity (Wildman–Crippen MR) is 106 cm³/mol. The minimum absolute atomic E-state index is 0.308. The zero-order valence-electron chi connectivity index (χ0n) is 17.0. The van der Waals surface area contributed by atoms with Gasteiger partial charge < -0.3 is 9.64 Å². The SMILES string of the molecule is CCCC1CCCCC1.COc1cc(CN(C)CC(C)C)ccc1F. The lowest BCUT2D eigenvalue weighted by molar-refractivity contribution is 0.287. The van der Waals surface area contributed by atoms with Crippen molar-refractivity contribution in [2.24, 2.45) is 11.8 Å². The van der Waals surface area contributed by atoms with Crippen molar-refractivity contribution >= 4 is 0 Å². The average Bonchev–Trinajstić information content (AvgIpc) is 2.58. The van der Waals surface area contributed by atoms with Gasteiger partial charge in [-0.15, -0.1) is 0 Å². The van der Waals surface area contributed by atoms with Crippen molar-refractivity contribution in [2.75, 3.05) is 20.7 Å². The largest absolute Gasteiger partial charge is 0.494 e. The van der Waals surface area contributed by atoms with Gasteiger partial charge in [-0.3, -0.25) is 0 Å². The second-order valence-electron chi connectivity index (χ2n) is 7.85. The van der Waals surface area contributed by atoms with Crippen LogP contribution in [0, 0.1) is 17.7 Å². The Balaban J connectivity index is 0.000000293. The smallest absolute Gasteiger partial charge is 0.165 e. The Morgan fingerprint density at radius 1 is 1.20 bits per heavy atom. The van der Waals surface area contributed by atoms with Crippen molar-refractivity contribution in [1.82, 2.24) is 4.90 Å². The van der Waals surface area contributed by atoms with Crippen LogP contribution in [0.3, 0.4) is 0 Å². The summed E-state index contributed by atoms with van der Waals surface area (Å²) in [5.74, 6) is 1.74. The molecule has 0 heterocycles. The fourth-order valence-corrected chi connectivity index (χ4v) is 3.69. The van der Waals surface area contributed by atoms with Gasteiger partial charge in [0.05, 0.1) is 7.11 Å². The number of hydrogen-bond acceptors (Lipinski definition) is 2. The first-order valence-electron chi connectivity index (χ1n) is 9.97. The molecule has 1 aromatic carbocycles. The molecule has 1 fully saturated rings. The van der Waals surface area contributed by atoms with Crippen molar-refractivity contribution in [3.63, 3.8) is 0 Å². The molecule has 1 aliphatic carbocycles. The van der Waals surface area contributed by atoms with Gasteiger partial charge in [-0.25, -0.2) is 4.39 Å². The highest BCUT2D eigenvalue weighted by Gasteiger charge is 2.11. The summed E-state index contributed by atoms with van der Waals surface area (Å²) in [5, 5.41) is 0. The van der Waals surface area contributed by atoms with Crippen LogP contribution in [-0.2, 0) is 6.54 Å². The number of benzene rings is 1. The summed E-state index contributed by atoms with van der Waals surface area (Å²) in [4.78, 5) is 2.22. The van der Waals surface area contributed by atoms with Crippen LogP contribution in [0.15, 0.2) is 18.2 Å². The van der Waals surface area contributed by atoms with E-state index in [1.54, 1.807) is 12.1 Å². The Kier molecular flexibility index (Phi) is 10.8. The molecule has 25 heavy (non-hydrogen) atoms. The molecule has 0 N–H and O–H groups in total. The van der Waals surface area contributed by atoms with Crippen LogP contribution in [0.1, 0.15) is 71.3 Å². The van der Waals surface area contributed by atoms with Crippen LogP contribution in [0.5, 0.6) is 5.75 Å². The van der Waals surface area contributed by atoms with E-state index in [2.05, 4.69) is 32.7 Å². The maximum atomic E-state index is 13.2. The molecular formula is C22H38FNO. The minimum atomic E-state index is -0.308. The molecule has 0 atom stereocenters. The standard InChI is InChI=1S/C13H20FNO.C9H18/c1-10(2)8-15(3)9-11-5-6-12(14)13(7-11)16-4;1-2-6-9-7-4-3-5-8-9/h5-7,10H,8-9H2,1-4H3;9H,2-8H2,1H3. The topological polar surface area (TPSA) is 12.5 Å². The maximum absolute atomic E-state index is 13.2. The highest BCUT2D eigenvalue weighted by molar-refractivity contribution is 5.30. The van der Waals surface area contributed by atoms with E-state index in [4.69, 9.17) is 4.74 Å². The number of nitrogens with zero attached hydrogens (tertiary/aromatic N) is 1. The molecule has 1 aliphatic rings. The lowest BCUT2D eigenvalue weighted by Crippen LogP contribution is -2.22. The average molecular weight is 352 g/mol. The molecule has 0 radical (unpaired) electrons. The van der Waals surface area contributed by atoms with E-state index in [9.17, 15) is 4.39 Å². The van der Waals surface area contributed by atoms with E-state index in [1.165, 1.54) is 58.1 Å². The molecule has 3 heteroatoms. The molecule has 144 valence electrons. The first kappa shape index (κ1) is 22.0. The Morgan fingerprint density at radius 2 is 1.88 bits per heavy atom. The zero-order chi connectivity index (χ0) is 18.7. The summed E-state index contributed by atoms with van der Waals surface area (Å²) in [6.45, 7) is 8.51. The van der Waals surface area contributed by atoms with E-state index in [0.29, 0.717) is 11.7 Å². The normalized spacial score (nSPS) is 15.2. The summed E-state index contributed by atoms with van der Waals surface area (Å²) in [6.07, 6.45) is 10.4. The van der Waals surface area contributed by atoms with Crippen molar-refractivity contribution in [1.29, 1.82) is 0 Å². The Bertz CT molecular complexity index is 466. The Labute approximate surface area is 154 Å². The first-order chi connectivity index (χ1) is 12.0. The summed E-state index contributed by atoms with van der Waals surface area (Å²) < 4.78 is 18.1. The fourth-order valence-electron chi connectivity index (χ4n) is 3.69. The molecule has 0 bridgehead atoms. The van der Waals surface area contributed by atoms with Crippen molar-refractivity contribution < 1.29 is 9.13 Å². The van der Waals surface area contributed by atoms with Crippen LogP contribution >= 0.6 is 0 Å². The van der Waals surface area contributed by atoms with Crippen LogP contribution in [0.25, 0.3) is 0 Å². The zero-order valence-corrected chi connectivity index (χ0v) is 17.0. The number of halogens is 1. The highest BCUT2D eigenvalue weighted by atomic mass is 19.1. The molecule has 2 nitrogen and oxygen atoms in total. The third-order valence-corrected chi connectivity index (χ3v) is 4.77. The predicted octanol–water partition coefficient (Wildman–Crippen LogP) is 6.29. The minimum Gasteiger partial charge on any atom is -0.494 e. The number of rotatable bonds is 7. The van der Waals surface area contributed by atoms with Crippen LogP contribution in [-0.4, -0.2) is 25.6 Å². The fraction of sp³-hybridized carbons (Fsp3) is 0.727. The van der Waals surface area contributed by atoms with Gasteiger partial charge in [-0.2, -0.15) is 0 Å². The van der Waals surface area contributed by atoms with E-state index in [0.717, 1.165) is 24.6 Å². The van der Waals surface area contributed by atoms with E-state index in [-0.39, 0.29) is 5.82 Å². The number of hydrogen-bond donors (Lipinski definition) is 0. The molecule has 0 saturated heterocycles. The van der Waals surface area contributed by atoms with E-state index >= 15 is 0 Å². The summed E-state index contributed by atoms with van der Waals surface area (Å²) >= 11 is 0. The van der Waals surface area contributed by atoms with Gasteiger partial charge in [0, 0.05) is 13.1 Å². The molecule has 1 aromatic rings. The second kappa shape index (κ2) is 12.3. The maximum Gasteiger partial charge on any atom is 0.165 e. The molecule has 0 aliphatic heterocycles. The number of ether oxygens (including phenoxy) is 1. The van der Waals surface area contributed by atoms with Gasteiger partial charge in [0.25, 0.3) is 0 Å². The molecule has 0 aromatic heterocycles. The van der Waals surface area contributed by atoms with Gasteiger partial charge in [0.2, 0.25) is 0 Å². The van der Waals surface area contributed by atoms with Gasteiger partial charge >= 0.3 is 0 Å². The summed E-state index contributed by atoms with van der Waals surface area (Å²) in [7, 11) is 3.55. The van der Waals surface area contributed by atoms with Gasteiger partial charge in [-0.05, 0) is 36.6 Å². The molecular weight excluding hydrogens is 313 g/mol.